The molecule has 0 atom stereocenters. The van der Waals surface area contributed by atoms with Gasteiger partial charge in [-0.05, 0) is 0 Å². The van der Waals surface area contributed by atoms with Crippen LogP contribution in [0.25, 0.3) is 0 Å². The fraction of sp³-hybridized carbons (Fsp3) is 0.833. The van der Waals surface area contributed by atoms with E-state index in [4.69, 9.17) is 14.2 Å². The summed E-state index contributed by atoms with van der Waals surface area (Å²) in [5, 5.41) is 2.68. The molecule has 1 N–H and O–H groups in total. The minimum Gasteiger partial charge on any atom is -0.463 e. The highest BCUT2D eigenvalue weighted by molar-refractivity contribution is 5.75. The van der Waals surface area contributed by atoms with Crippen LogP contribution in [0.15, 0.2) is 0 Å². The maximum absolute atomic E-state index is 11.2. The van der Waals surface area contributed by atoms with Gasteiger partial charge in [-0.25, -0.2) is 0 Å². The van der Waals surface area contributed by atoms with E-state index >= 15 is 0 Å². The molecule has 0 aromatic rings. The van der Waals surface area contributed by atoms with Crippen molar-refractivity contribution in [3.8, 4) is 0 Å². The van der Waals surface area contributed by atoms with E-state index in [-0.39, 0.29) is 25.8 Å². The third-order valence-corrected chi connectivity index (χ3v) is 2.05. The zero-order valence-electron chi connectivity index (χ0n) is 11.4. The number of hydrogen-bond acceptors (Lipinski definition) is 5. The lowest BCUT2D eigenvalue weighted by Gasteiger charge is -2.08. The molecule has 6 heteroatoms. The SMILES string of the molecule is COCCNC(=O)CCOCCOC(=O)C(C)C.[HH]. The van der Waals surface area contributed by atoms with Gasteiger partial charge >= 0.3 is 5.97 Å². The minimum atomic E-state index is -0.240. The molecule has 0 aliphatic heterocycles. The Morgan fingerprint density at radius 2 is 1.89 bits per heavy atom. The molecule has 0 bridgehead atoms. The van der Waals surface area contributed by atoms with Crippen LogP contribution in [0.5, 0.6) is 0 Å². The van der Waals surface area contributed by atoms with Crippen LogP contribution >= 0.6 is 0 Å². The van der Waals surface area contributed by atoms with Crippen molar-refractivity contribution in [3.05, 3.63) is 0 Å². The Morgan fingerprint density at radius 3 is 2.50 bits per heavy atom. The van der Waals surface area contributed by atoms with Crippen LogP contribution in [0.4, 0.5) is 0 Å². The smallest absolute Gasteiger partial charge is 0.308 e. The molecule has 0 saturated heterocycles. The summed E-state index contributed by atoms with van der Waals surface area (Å²) in [5.41, 5.74) is 0. The molecule has 0 radical (unpaired) electrons. The van der Waals surface area contributed by atoms with Crippen LogP contribution in [0.3, 0.4) is 0 Å². The molecule has 1 amide bonds. The van der Waals surface area contributed by atoms with Gasteiger partial charge in [0.25, 0.3) is 0 Å². The predicted molar refractivity (Wildman–Crippen MR) is 68.2 cm³/mol. The second kappa shape index (κ2) is 11.0. The molecule has 0 aromatic heterocycles. The number of carbonyl (C=O) groups excluding carboxylic acids is 2. The molecule has 0 aliphatic carbocycles. The number of hydrogen-bond donors (Lipinski definition) is 1. The summed E-state index contributed by atoms with van der Waals surface area (Å²) >= 11 is 0. The first-order valence-electron chi connectivity index (χ1n) is 6.08. The number of nitrogens with one attached hydrogen (secondary N) is 1. The fourth-order valence-corrected chi connectivity index (χ4v) is 1.02. The number of methoxy groups -OCH3 is 1. The van der Waals surface area contributed by atoms with E-state index in [0.29, 0.717) is 32.8 Å². The van der Waals surface area contributed by atoms with Crippen LogP contribution in [-0.4, -0.2) is 52.0 Å². The summed E-state index contributed by atoms with van der Waals surface area (Å²) in [4.78, 5) is 22.3. The number of rotatable bonds is 10. The van der Waals surface area contributed by atoms with Gasteiger partial charge in [0.1, 0.15) is 6.61 Å². The number of carbonyl (C=O) groups is 2. The summed E-state index contributed by atoms with van der Waals surface area (Å²) in [5.74, 6) is -0.446. The lowest BCUT2D eigenvalue weighted by atomic mass is 10.2. The van der Waals surface area contributed by atoms with Crippen LogP contribution in [0, 0.1) is 5.92 Å². The molecule has 0 unspecified atom stereocenters. The van der Waals surface area contributed by atoms with Gasteiger partial charge in [-0.2, -0.15) is 0 Å². The molecule has 6 nitrogen and oxygen atoms in total. The molecule has 0 aliphatic rings. The average molecular weight is 263 g/mol. The van der Waals surface area contributed by atoms with Crippen LogP contribution in [0.2, 0.25) is 0 Å². The first kappa shape index (κ1) is 16.9. The summed E-state index contributed by atoms with van der Waals surface area (Å²) in [6.07, 6.45) is 0.293. The van der Waals surface area contributed by atoms with E-state index in [1.165, 1.54) is 0 Å². The largest absolute Gasteiger partial charge is 0.463 e. The highest BCUT2D eigenvalue weighted by atomic mass is 16.6. The average Bonchev–Trinajstić information content (AvgIpc) is 2.33. The Kier molecular flexibility index (Phi) is 10.3. The fourth-order valence-electron chi connectivity index (χ4n) is 1.02. The Balaban J connectivity index is 0. The molecule has 0 saturated carbocycles. The normalized spacial score (nSPS) is 10.4. The lowest BCUT2D eigenvalue weighted by molar-refractivity contribution is -0.149. The van der Waals surface area contributed by atoms with Crippen LogP contribution in [0.1, 0.15) is 21.7 Å². The van der Waals surface area contributed by atoms with Gasteiger partial charge in [0.2, 0.25) is 5.91 Å². The molecule has 18 heavy (non-hydrogen) atoms. The Hall–Kier alpha value is -1.14. The lowest BCUT2D eigenvalue weighted by Crippen LogP contribution is -2.27. The van der Waals surface area contributed by atoms with Crippen molar-refractivity contribution < 1.29 is 25.2 Å². The Labute approximate surface area is 109 Å². The first-order chi connectivity index (χ1) is 8.57. The van der Waals surface area contributed by atoms with Crippen molar-refractivity contribution in [1.82, 2.24) is 5.32 Å². The van der Waals surface area contributed by atoms with Gasteiger partial charge in [0.15, 0.2) is 0 Å². The Bertz CT molecular complexity index is 248. The molecule has 0 fully saturated rings. The van der Waals surface area contributed by atoms with Gasteiger partial charge in [0.05, 0.1) is 25.7 Å². The van der Waals surface area contributed by atoms with Crippen molar-refractivity contribution in [2.75, 3.05) is 40.1 Å². The number of ether oxygens (including phenoxy) is 3. The van der Waals surface area contributed by atoms with E-state index in [1.54, 1.807) is 21.0 Å². The van der Waals surface area contributed by atoms with Gasteiger partial charge in [-0.1, -0.05) is 13.8 Å². The molecular formula is C12H25NO5. The Morgan fingerprint density at radius 1 is 1.17 bits per heavy atom. The third-order valence-electron chi connectivity index (χ3n) is 2.05. The minimum absolute atomic E-state index is 0. The first-order valence-corrected chi connectivity index (χ1v) is 6.08. The van der Waals surface area contributed by atoms with Gasteiger partial charge in [-0.15, -0.1) is 0 Å². The van der Waals surface area contributed by atoms with E-state index in [9.17, 15) is 9.59 Å². The zero-order valence-corrected chi connectivity index (χ0v) is 11.4. The van der Waals surface area contributed by atoms with Crippen LogP contribution in [-0.2, 0) is 23.8 Å². The summed E-state index contributed by atoms with van der Waals surface area (Å²) < 4.78 is 14.9. The van der Waals surface area contributed by atoms with E-state index in [0.717, 1.165) is 0 Å². The summed E-state index contributed by atoms with van der Waals surface area (Å²) in [6.45, 7) is 5.39. The van der Waals surface area contributed by atoms with Crippen molar-refractivity contribution >= 4 is 11.9 Å². The molecule has 0 spiro atoms. The number of esters is 1. The van der Waals surface area contributed by atoms with Crippen molar-refractivity contribution in [2.24, 2.45) is 5.92 Å². The highest BCUT2D eigenvalue weighted by Gasteiger charge is 2.07. The standard InChI is InChI=1S/C12H23NO5.H2/c1-10(2)12(15)18-9-8-17-6-4-11(14)13-5-7-16-3;/h10H,4-9H2,1-3H3,(H,13,14);1H. The summed E-state index contributed by atoms with van der Waals surface area (Å²) in [6, 6.07) is 0. The second-order valence-electron chi connectivity index (χ2n) is 4.03. The maximum Gasteiger partial charge on any atom is 0.308 e. The van der Waals surface area contributed by atoms with Crippen molar-refractivity contribution in [2.45, 2.75) is 20.3 Å². The maximum atomic E-state index is 11.2. The molecule has 0 rings (SSSR count). The topological polar surface area (TPSA) is 73.9 Å². The van der Waals surface area contributed by atoms with Gasteiger partial charge in [0, 0.05) is 21.5 Å². The van der Waals surface area contributed by atoms with Crippen LogP contribution < -0.4 is 5.32 Å². The second-order valence-corrected chi connectivity index (χ2v) is 4.03. The number of amides is 1. The molecule has 108 valence electrons. The molecular weight excluding hydrogens is 238 g/mol. The summed E-state index contributed by atoms with van der Waals surface area (Å²) in [7, 11) is 1.58. The van der Waals surface area contributed by atoms with Gasteiger partial charge < -0.3 is 19.5 Å². The van der Waals surface area contributed by atoms with Gasteiger partial charge in [-0.3, -0.25) is 9.59 Å². The molecule has 0 aromatic carbocycles. The highest BCUT2D eigenvalue weighted by Crippen LogP contribution is 1.95. The molecule has 0 heterocycles. The predicted octanol–water partition coefficient (Wildman–Crippen LogP) is 0.601. The van der Waals surface area contributed by atoms with Crippen molar-refractivity contribution in [3.63, 3.8) is 0 Å². The quantitative estimate of drug-likeness (QED) is 0.461. The third kappa shape index (κ3) is 10.0. The van der Waals surface area contributed by atoms with E-state index in [2.05, 4.69) is 5.32 Å². The van der Waals surface area contributed by atoms with Crippen molar-refractivity contribution in [1.29, 1.82) is 0 Å². The van der Waals surface area contributed by atoms with E-state index < -0.39 is 0 Å². The van der Waals surface area contributed by atoms with E-state index in [1.807, 2.05) is 0 Å². The zero-order chi connectivity index (χ0) is 13.8. The monoisotopic (exact) mass is 263 g/mol.